The van der Waals surface area contributed by atoms with Crippen LogP contribution in [0.25, 0.3) is 0 Å². The largest absolute Gasteiger partial charge is 0.454 e. The average molecular weight is 220 g/mol. The molecule has 0 aliphatic carbocycles. The third-order valence-electron chi connectivity index (χ3n) is 2.59. The summed E-state index contributed by atoms with van der Waals surface area (Å²) in [6.07, 6.45) is 7.73. The van der Waals surface area contributed by atoms with E-state index >= 15 is 0 Å². The van der Waals surface area contributed by atoms with Gasteiger partial charge < -0.3 is 4.74 Å². The van der Waals surface area contributed by atoms with Gasteiger partial charge in [0.25, 0.3) is 0 Å². The summed E-state index contributed by atoms with van der Waals surface area (Å²) in [5, 5.41) is 0. The first-order chi connectivity index (χ1) is 7.77. The molecule has 0 aromatic carbocycles. The minimum absolute atomic E-state index is 0.0819. The molecule has 16 heavy (non-hydrogen) atoms. The molecule has 0 fully saturated rings. The van der Waals surface area contributed by atoms with Crippen molar-refractivity contribution in [3.63, 3.8) is 0 Å². The van der Waals surface area contributed by atoms with Gasteiger partial charge in [-0.05, 0) is 19.3 Å². The Bertz CT molecular complexity index is 317. The van der Waals surface area contributed by atoms with Gasteiger partial charge in [0.05, 0.1) is 0 Å². The van der Waals surface area contributed by atoms with E-state index in [2.05, 4.69) is 25.7 Å². The SMILES string of the molecule is CCCCC#CC1=CC(=O)OC1CCCC. The number of hydrogen-bond donors (Lipinski definition) is 0. The van der Waals surface area contributed by atoms with Gasteiger partial charge in [0, 0.05) is 18.1 Å². The number of ether oxygens (including phenoxy) is 1. The molecule has 0 spiro atoms. The predicted octanol–water partition coefficient (Wildman–Crippen LogP) is 3.22. The second-order valence-corrected chi connectivity index (χ2v) is 4.07. The normalized spacial score (nSPS) is 18.8. The fourth-order valence-electron chi connectivity index (χ4n) is 1.61. The van der Waals surface area contributed by atoms with Gasteiger partial charge in [-0.15, -0.1) is 0 Å². The van der Waals surface area contributed by atoms with Crippen molar-refractivity contribution in [2.24, 2.45) is 0 Å². The van der Waals surface area contributed by atoms with Crippen molar-refractivity contribution in [3.05, 3.63) is 11.6 Å². The zero-order valence-corrected chi connectivity index (χ0v) is 10.2. The first-order valence-electron chi connectivity index (χ1n) is 6.19. The van der Waals surface area contributed by atoms with Crippen molar-refractivity contribution in [2.75, 3.05) is 0 Å². The number of cyclic esters (lactones) is 1. The van der Waals surface area contributed by atoms with E-state index in [1.807, 2.05) is 0 Å². The smallest absolute Gasteiger partial charge is 0.332 e. The molecular weight excluding hydrogens is 200 g/mol. The van der Waals surface area contributed by atoms with E-state index in [1.165, 1.54) is 0 Å². The lowest BCUT2D eigenvalue weighted by molar-refractivity contribution is -0.138. The van der Waals surface area contributed by atoms with Crippen LogP contribution < -0.4 is 0 Å². The lowest BCUT2D eigenvalue weighted by Gasteiger charge is -2.09. The molecule has 1 unspecified atom stereocenters. The second-order valence-electron chi connectivity index (χ2n) is 4.07. The zero-order valence-electron chi connectivity index (χ0n) is 10.2. The van der Waals surface area contributed by atoms with Crippen LogP contribution in [-0.2, 0) is 9.53 Å². The van der Waals surface area contributed by atoms with Crippen LogP contribution >= 0.6 is 0 Å². The maximum Gasteiger partial charge on any atom is 0.332 e. The molecule has 0 aromatic rings. The molecule has 0 amide bonds. The molecule has 1 aliphatic heterocycles. The standard InChI is InChI=1S/C14H20O2/c1-3-5-7-8-9-12-11-14(15)16-13(12)10-6-4-2/h11,13H,3-7,10H2,1-2H3. The van der Waals surface area contributed by atoms with Crippen LogP contribution in [0.1, 0.15) is 52.4 Å². The Hall–Kier alpha value is -1.23. The van der Waals surface area contributed by atoms with E-state index in [1.54, 1.807) is 6.08 Å². The fourth-order valence-corrected chi connectivity index (χ4v) is 1.61. The van der Waals surface area contributed by atoms with E-state index in [9.17, 15) is 4.79 Å². The van der Waals surface area contributed by atoms with Crippen LogP contribution in [0, 0.1) is 11.8 Å². The van der Waals surface area contributed by atoms with Gasteiger partial charge in [-0.3, -0.25) is 0 Å². The number of rotatable bonds is 5. The molecular formula is C14H20O2. The molecule has 2 heteroatoms. The fraction of sp³-hybridized carbons (Fsp3) is 0.643. The van der Waals surface area contributed by atoms with E-state index in [0.717, 1.165) is 44.1 Å². The summed E-state index contributed by atoms with van der Waals surface area (Å²) < 4.78 is 5.20. The zero-order chi connectivity index (χ0) is 11.8. The summed E-state index contributed by atoms with van der Waals surface area (Å²) in [4.78, 5) is 11.1. The molecule has 1 rings (SSSR count). The Balaban J connectivity index is 2.49. The number of unbranched alkanes of at least 4 members (excludes halogenated alkanes) is 3. The second kappa shape index (κ2) is 7.11. The molecule has 0 saturated carbocycles. The van der Waals surface area contributed by atoms with Gasteiger partial charge in [-0.25, -0.2) is 4.79 Å². The van der Waals surface area contributed by atoms with Gasteiger partial charge in [-0.1, -0.05) is 38.5 Å². The van der Waals surface area contributed by atoms with Gasteiger partial charge in [0.15, 0.2) is 0 Å². The maximum atomic E-state index is 11.1. The van der Waals surface area contributed by atoms with E-state index in [0.29, 0.717) is 0 Å². The monoisotopic (exact) mass is 220 g/mol. The molecule has 0 radical (unpaired) electrons. The lowest BCUT2D eigenvalue weighted by atomic mass is 10.1. The predicted molar refractivity (Wildman–Crippen MR) is 64.8 cm³/mol. The Morgan fingerprint density at radius 3 is 2.75 bits per heavy atom. The molecule has 2 nitrogen and oxygen atoms in total. The van der Waals surface area contributed by atoms with E-state index < -0.39 is 0 Å². The quantitative estimate of drug-likeness (QED) is 0.404. The Labute approximate surface area is 98.1 Å². The molecule has 1 atom stereocenters. The van der Waals surface area contributed by atoms with E-state index in [4.69, 9.17) is 4.74 Å². The summed E-state index contributed by atoms with van der Waals surface area (Å²) in [7, 11) is 0. The molecule has 1 heterocycles. The summed E-state index contributed by atoms with van der Waals surface area (Å²) in [6, 6.07) is 0. The van der Waals surface area contributed by atoms with Gasteiger partial charge in [0.1, 0.15) is 6.10 Å². The number of carbonyl (C=O) groups is 1. The molecule has 1 aliphatic rings. The Morgan fingerprint density at radius 2 is 2.06 bits per heavy atom. The molecule has 0 saturated heterocycles. The molecule has 0 bridgehead atoms. The van der Waals surface area contributed by atoms with Crippen LogP contribution in [0.5, 0.6) is 0 Å². The maximum absolute atomic E-state index is 11.1. The highest BCUT2D eigenvalue weighted by Gasteiger charge is 2.23. The highest BCUT2D eigenvalue weighted by molar-refractivity contribution is 5.87. The van der Waals surface area contributed by atoms with E-state index in [-0.39, 0.29) is 12.1 Å². The summed E-state index contributed by atoms with van der Waals surface area (Å²) in [6.45, 7) is 4.28. The topological polar surface area (TPSA) is 26.3 Å². The summed E-state index contributed by atoms with van der Waals surface area (Å²) >= 11 is 0. The molecule has 0 N–H and O–H groups in total. The highest BCUT2D eigenvalue weighted by Crippen LogP contribution is 2.20. The van der Waals surface area contributed by atoms with Crippen molar-refractivity contribution in [1.82, 2.24) is 0 Å². The van der Waals surface area contributed by atoms with Crippen LogP contribution in [0.3, 0.4) is 0 Å². The van der Waals surface area contributed by atoms with Gasteiger partial charge >= 0.3 is 5.97 Å². The van der Waals surface area contributed by atoms with Crippen molar-refractivity contribution in [2.45, 2.75) is 58.5 Å². The summed E-state index contributed by atoms with van der Waals surface area (Å²) in [5.74, 6) is 5.94. The third kappa shape index (κ3) is 4.10. The minimum Gasteiger partial charge on any atom is -0.454 e. The highest BCUT2D eigenvalue weighted by atomic mass is 16.5. The number of carbonyl (C=O) groups excluding carboxylic acids is 1. The van der Waals surface area contributed by atoms with Gasteiger partial charge in [-0.2, -0.15) is 0 Å². The van der Waals surface area contributed by atoms with Crippen molar-refractivity contribution in [1.29, 1.82) is 0 Å². The number of hydrogen-bond acceptors (Lipinski definition) is 2. The minimum atomic E-state index is -0.235. The lowest BCUT2D eigenvalue weighted by Crippen LogP contribution is -2.10. The van der Waals surface area contributed by atoms with Crippen molar-refractivity contribution in [3.8, 4) is 11.8 Å². The van der Waals surface area contributed by atoms with Crippen LogP contribution in [-0.4, -0.2) is 12.1 Å². The van der Waals surface area contributed by atoms with Crippen LogP contribution in [0.15, 0.2) is 11.6 Å². The molecule has 88 valence electrons. The number of esters is 1. The third-order valence-corrected chi connectivity index (χ3v) is 2.59. The Morgan fingerprint density at radius 1 is 1.31 bits per heavy atom. The van der Waals surface area contributed by atoms with Gasteiger partial charge in [0.2, 0.25) is 0 Å². The Kier molecular flexibility index (Phi) is 5.71. The van der Waals surface area contributed by atoms with Crippen LogP contribution in [0.2, 0.25) is 0 Å². The van der Waals surface area contributed by atoms with Crippen molar-refractivity contribution >= 4 is 5.97 Å². The summed E-state index contributed by atoms with van der Waals surface area (Å²) in [5.41, 5.74) is 0.870. The molecule has 0 aromatic heterocycles. The first kappa shape index (κ1) is 12.8. The first-order valence-corrected chi connectivity index (χ1v) is 6.19. The van der Waals surface area contributed by atoms with Crippen molar-refractivity contribution < 1.29 is 9.53 Å². The van der Waals surface area contributed by atoms with Crippen LogP contribution in [0.4, 0.5) is 0 Å². The average Bonchev–Trinajstić information content (AvgIpc) is 2.62.